The first-order chi connectivity index (χ1) is 11.2. The molecule has 0 aromatic carbocycles. The summed E-state index contributed by atoms with van der Waals surface area (Å²) in [5.74, 6) is 3.38. The Kier molecular flexibility index (Phi) is 3.59. The van der Waals surface area contributed by atoms with Crippen molar-refractivity contribution < 1.29 is 4.79 Å². The van der Waals surface area contributed by atoms with Gasteiger partial charge < -0.3 is 10.7 Å². The van der Waals surface area contributed by atoms with Gasteiger partial charge in [0.1, 0.15) is 11.5 Å². The highest BCUT2D eigenvalue weighted by molar-refractivity contribution is 5.92. The number of primary amides is 1. The zero-order valence-corrected chi connectivity index (χ0v) is 15.3. The molecule has 0 spiro atoms. The number of hydrogen-bond donors (Lipinski definition) is 2. The fourth-order valence-corrected chi connectivity index (χ4v) is 6.14. The van der Waals surface area contributed by atoms with Gasteiger partial charge in [-0.1, -0.05) is 20.8 Å². The molecule has 0 atom stereocenters. The zero-order valence-electron chi connectivity index (χ0n) is 15.3. The van der Waals surface area contributed by atoms with Gasteiger partial charge in [0.2, 0.25) is 0 Å². The van der Waals surface area contributed by atoms with E-state index in [4.69, 9.17) is 5.73 Å². The molecule has 132 valence electrons. The fourth-order valence-electron chi connectivity index (χ4n) is 6.14. The molecular weight excluding hydrogens is 298 g/mol. The Morgan fingerprint density at radius 1 is 1.17 bits per heavy atom. The lowest BCUT2D eigenvalue weighted by atomic mass is 9.48. The van der Waals surface area contributed by atoms with Gasteiger partial charge in [0.05, 0.1) is 0 Å². The Balaban J connectivity index is 1.54. The molecule has 1 aromatic heterocycles. The molecule has 4 nitrogen and oxygen atoms in total. The number of aryl methyl sites for hydroxylation is 1. The van der Waals surface area contributed by atoms with Crippen molar-refractivity contribution >= 4 is 5.91 Å². The molecule has 4 heteroatoms. The number of hydrogen-bond acceptors (Lipinski definition) is 2. The molecule has 1 amide bonds. The number of amides is 1. The van der Waals surface area contributed by atoms with Gasteiger partial charge in [-0.3, -0.25) is 4.79 Å². The number of carbonyl (C=O) groups is 1. The highest BCUT2D eigenvalue weighted by Crippen LogP contribution is 2.61. The van der Waals surface area contributed by atoms with Crippen molar-refractivity contribution in [2.75, 3.05) is 0 Å². The van der Waals surface area contributed by atoms with Crippen LogP contribution >= 0.6 is 0 Å². The van der Waals surface area contributed by atoms with Crippen LogP contribution in [-0.2, 0) is 11.8 Å². The van der Waals surface area contributed by atoms with Gasteiger partial charge in [-0.2, -0.15) is 0 Å². The van der Waals surface area contributed by atoms with Crippen molar-refractivity contribution in [2.45, 2.75) is 77.6 Å². The Labute approximate surface area is 145 Å². The average molecular weight is 329 g/mol. The summed E-state index contributed by atoms with van der Waals surface area (Å²) in [7, 11) is 0. The summed E-state index contributed by atoms with van der Waals surface area (Å²) in [6.45, 7) is 6.33. The smallest absolute Gasteiger partial charge is 0.269 e. The first-order valence-electron chi connectivity index (χ1n) is 9.63. The van der Waals surface area contributed by atoms with Crippen LogP contribution in [0, 0.1) is 23.2 Å². The first-order valence-corrected chi connectivity index (χ1v) is 9.63. The summed E-state index contributed by atoms with van der Waals surface area (Å²) < 4.78 is 0. The SMILES string of the molecule is CC(C)(C)c1nc(C(N)=O)c(CCC23CC4CC(CC(C4)C2)C3)[nH]1. The lowest BCUT2D eigenvalue weighted by molar-refractivity contribution is -0.0570. The van der Waals surface area contributed by atoms with Gasteiger partial charge in [-0.25, -0.2) is 4.98 Å². The second kappa shape index (κ2) is 5.34. The average Bonchev–Trinajstić information content (AvgIpc) is 2.88. The number of carbonyl (C=O) groups excluding carboxylic acids is 1. The Hall–Kier alpha value is -1.32. The van der Waals surface area contributed by atoms with E-state index in [-0.39, 0.29) is 5.41 Å². The second-order valence-electron chi connectivity index (χ2n) is 9.94. The summed E-state index contributed by atoms with van der Waals surface area (Å²) >= 11 is 0. The fraction of sp³-hybridized carbons (Fsp3) is 0.800. The van der Waals surface area contributed by atoms with Crippen LogP contribution in [0.4, 0.5) is 0 Å². The third kappa shape index (κ3) is 2.78. The number of aromatic nitrogens is 2. The van der Waals surface area contributed by atoms with Crippen LogP contribution in [0.15, 0.2) is 0 Å². The molecule has 4 saturated carbocycles. The number of nitrogens with zero attached hydrogens (tertiary/aromatic N) is 1. The van der Waals surface area contributed by atoms with Crippen LogP contribution in [-0.4, -0.2) is 15.9 Å². The number of imidazole rings is 1. The molecule has 24 heavy (non-hydrogen) atoms. The minimum Gasteiger partial charge on any atom is -0.364 e. The summed E-state index contributed by atoms with van der Waals surface area (Å²) in [4.78, 5) is 19.8. The Bertz CT molecular complexity index is 617. The van der Waals surface area contributed by atoms with E-state index in [9.17, 15) is 4.79 Å². The maximum atomic E-state index is 11.8. The Morgan fingerprint density at radius 2 is 1.71 bits per heavy atom. The minimum absolute atomic E-state index is 0.0941. The van der Waals surface area contributed by atoms with Crippen molar-refractivity contribution in [3.63, 3.8) is 0 Å². The van der Waals surface area contributed by atoms with E-state index in [1.165, 1.54) is 44.9 Å². The summed E-state index contributed by atoms with van der Waals surface area (Å²) in [5.41, 5.74) is 7.44. The van der Waals surface area contributed by atoms with Gasteiger partial charge in [0, 0.05) is 11.1 Å². The lowest BCUT2D eigenvalue weighted by Gasteiger charge is -2.57. The molecule has 0 unspecified atom stereocenters. The molecule has 4 fully saturated rings. The quantitative estimate of drug-likeness (QED) is 0.877. The standard InChI is InChI=1S/C20H31N3O/c1-19(2,3)18-22-15(16(23-18)17(21)24)4-5-20-9-12-6-13(10-20)8-14(7-12)11-20/h12-14H,4-11H2,1-3H3,(H2,21,24)(H,22,23). The molecule has 1 aromatic rings. The number of nitrogens with two attached hydrogens (primary N) is 1. The molecule has 3 N–H and O–H groups in total. The third-order valence-corrected chi connectivity index (χ3v) is 6.79. The Morgan fingerprint density at radius 3 is 2.17 bits per heavy atom. The number of H-pyrrole nitrogens is 1. The maximum Gasteiger partial charge on any atom is 0.269 e. The second-order valence-corrected chi connectivity index (χ2v) is 9.94. The monoisotopic (exact) mass is 329 g/mol. The molecule has 1 heterocycles. The molecule has 4 bridgehead atoms. The molecule has 0 radical (unpaired) electrons. The summed E-state index contributed by atoms with van der Waals surface area (Å²) in [6.07, 6.45) is 10.7. The van der Waals surface area contributed by atoms with Gasteiger partial charge in [-0.05, 0) is 74.5 Å². The summed E-state index contributed by atoms with van der Waals surface area (Å²) in [6, 6.07) is 0. The predicted octanol–water partition coefficient (Wildman–Crippen LogP) is 3.96. The lowest BCUT2D eigenvalue weighted by Crippen LogP contribution is -2.46. The number of aromatic amines is 1. The molecule has 4 aliphatic carbocycles. The van der Waals surface area contributed by atoms with Crippen molar-refractivity contribution in [1.29, 1.82) is 0 Å². The van der Waals surface area contributed by atoms with E-state index < -0.39 is 5.91 Å². The van der Waals surface area contributed by atoms with E-state index in [1.54, 1.807) is 0 Å². The molecular formula is C20H31N3O. The predicted molar refractivity (Wildman–Crippen MR) is 94.7 cm³/mol. The largest absolute Gasteiger partial charge is 0.364 e. The normalized spacial score (nSPS) is 34.7. The first kappa shape index (κ1) is 16.2. The topological polar surface area (TPSA) is 71.8 Å². The molecule has 4 aliphatic rings. The van der Waals surface area contributed by atoms with Gasteiger partial charge in [-0.15, -0.1) is 0 Å². The van der Waals surface area contributed by atoms with E-state index in [0.717, 1.165) is 35.7 Å². The van der Waals surface area contributed by atoms with Gasteiger partial charge in [0.15, 0.2) is 0 Å². The van der Waals surface area contributed by atoms with Crippen LogP contribution in [0.3, 0.4) is 0 Å². The van der Waals surface area contributed by atoms with Crippen LogP contribution in [0.25, 0.3) is 0 Å². The molecule has 0 saturated heterocycles. The highest BCUT2D eigenvalue weighted by Gasteiger charge is 2.50. The summed E-state index contributed by atoms with van der Waals surface area (Å²) in [5, 5.41) is 0. The van der Waals surface area contributed by atoms with Crippen LogP contribution in [0.2, 0.25) is 0 Å². The van der Waals surface area contributed by atoms with E-state index in [2.05, 4.69) is 30.7 Å². The van der Waals surface area contributed by atoms with E-state index in [0.29, 0.717) is 11.1 Å². The van der Waals surface area contributed by atoms with Gasteiger partial charge >= 0.3 is 0 Å². The van der Waals surface area contributed by atoms with Crippen LogP contribution < -0.4 is 5.73 Å². The third-order valence-electron chi connectivity index (χ3n) is 6.79. The van der Waals surface area contributed by atoms with Crippen molar-refractivity contribution in [3.05, 3.63) is 17.2 Å². The minimum atomic E-state index is -0.401. The zero-order chi connectivity index (χ0) is 17.1. The number of rotatable bonds is 4. The van der Waals surface area contributed by atoms with E-state index >= 15 is 0 Å². The maximum absolute atomic E-state index is 11.8. The molecule has 0 aliphatic heterocycles. The van der Waals surface area contributed by atoms with E-state index in [1.807, 2.05) is 0 Å². The van der Waals surface area contributed by atoms with Gasteiger partial charge in [0.25, 0.3) is 5.91 Å². The van der Waals surface area contributed by atoms with Crippen molar-refractivity contribution in [1.82, 2.24) is 9.97 Å². The molecule has 5 rings (SSSR count). The van der Waals surface area contributed by atoms with Crippen molar-refractivity contribution in [3.8, 4) is 0 Å². The number of nitrogens with one attached hydrogen (secondary N) is 1. The van der Waals surface area contributed by atoms with Crippen LogP contribution in [0.1, 0.15) is 87.7 Å². The highest BCUT2D eigenvalue weighted by atomic mass is 16.1. The van der Waals surface area contributed by atoms with Crippen molar-refractivity contribution in [2.24, 2.45) is 28.9 Å². The van der Waals surface area contributed by atoms with Crippen LogP contribution in [0.5, 0.6) is 0 Å².